The van der Waals surface area contributed by atoms with E-state index >= 15 is 0 Å². The molecular formula is C23H42N4O4Si2. The fourth-order valence-electron chi connectivity index (χ4n) is 3.59. The Kier molecular flexibility index (Phi) is 9.34. The van der Waals surface area contributed by atoms with Gasteiger partial charge in [-0.15, -0.1) is 5.10 Å². The van der Waals surface area contributed by atoms with Crippen LogP contribution in [0, 0.1) is 0 Å². The summed E-state index contributed by atoms with van der Waals surface area (Å²) in [7, 11) is -2.40. The first-order valence-corrected chi connectivity index (χ1v) is 19.5. The van der Waals surface area contributed by atoms with Crippen molar-refractivity contribution in [3.63, 3.8) is 0 Å². The van der Waals surface area contributed by atoms with Gasteiger partial charge in [-0.3, -0.25) is 4.68 Å². The van der Waals surface area contributed by atoms with E-state index in [2.05, 4.69) is 60.7 Å². The van der Waals surface area contributed by atoms with Crippen molar-refractivity contribution in [2.24, 2.45) is 0 Å². The van der Waals surface area contributed by atoms with Gasteiger partial charge >= 0.3 is 0 Å². The summed E-state index contributed by atoms with van der Waals surface area (Å²) in [5, 5.41) is 8.78. The van der Waals surface area contributed by atoms with Gasteiger partial charge in [0.15, 0.2) is 18.9 Å². The summed E-state index contributed by atoms with van der Waals surface area (Å²) in [6.45, 7) is 16.9. The van der Waals surface area contributed by atoms with Crippen LogP contribution in [0.1, 0.15) is 19.3 Å². The fraction of sp³-hybridized carbons (Fsp3) is 0.739. The van der Waals surface area contributed by atoms with Crippen molar-refractivity contribution < 1.29 is 18.9 Å². The first kappa shape index (κ1) is 26.1. The van der Waals surface area contributed by atoms with E-state index in [0.29, 0.717) is 13.2 Å². The zero-order valence-electron chi connectivity index (χ0n) is 21.3. The molecule has 1 aromatic heterocycles. The maximum Gasteiger partial charge on any atom is 0.188 e. The third kappa shape index (κ3) is 9.73. The van der Waals surface area contributed by atoms with Crippen LogP contribution in [0.4, 0.5) is 5.82 Å². The minimum absolute atomic E-state index is 0.129. The van der Waals surface area contributed by atoms with Gasteiger partial charge in [-0.25, -0.2) is 0 Å². The second kappa shape index (κ2) is 11.8. The Morgan fingerprint density at radius 1 is 1.12 bits per heavy atom. The topological polar surface area (TPSA) is 70.9 Å². The van der Waals surface area contributed by atoms with E-state index in [9.17, 15) is 0 Å². The van der Waals surface area contributed by atoms with Gasteiger partial charge in [0.2, 0.25) is 0 Å². The van der Waals surface area contributed by atoms with E-state index in [4.69, 9.17) is 18.9 Å². The Bertz CT molecular complexity index is 808. The van der Waals surface area contributed by atoms with Crippen LogP contribution in [0.5, 0.6) is 0 Å². The normalized spacial score (nSPS) is 19.9. The van der Waals surface area contributed by atoms with Gasteiger partial charge < -0.3 is 23.8 Å². The van der Waals surface area contributed by atoms with E-state index in [0.717, 1.165) is 61.8 Å². The molecule has 0 aromatic carbocycles. The second-order valence-corrected chi connectivity index (χ2v) is 22.4. The highest BCUT2D eigenvalue weighted by Gasteiger charge is 2.21. The summed E-state index contributed by atoms with van der Waals surface area (Å²) in [5.41, 5.74) is 1.02. The molecule has 0 amide bonds. The molecule has 0 N–H and O–H groups in total. The molecule has 186 valence electrons. The molecule has 1 saturated heterocycles. The summed E-state index contributed by atoms with van der Waals surface area (Å²) < 4.78 is 25.5. The molecular weight excluding hydrogens is 452 g/mol. The Morgan fingerprint density at radius 2 is 1.94 bits per heavy atom. The van der Waals surface area contributed by atoms with Crippen molar-refractivity contribution >= 4 is 22.0 Å². The van der Waals surface area contributed by atoms with Crippen LogP contribution in [-0.2, 0) is 25.1 Å². The van der Waals surface area contributed by atoms with Crippen LogP contribution in [0.15, 0.2) is 29.8 Å². The molecule has 2 aliphatic rings. The third-order valence-corrected chi connectivity index (χ3v) is 8.33. The van der Waals surface area contributed by atoms with Gasteiger partial charge in [0.25, 0.3) is 0 Å². The summed E-state index contributed by atoms with van der Waals surface area (Å²) in [6, 6.07) is 1.13. The molecule has 3 heterocycles. The fourth-order valence-corrected chi connectivity index (χ4v) is 5.47. The van der Waals surface area contributed by atoms with Crippen LogP contribution < -0.4 is 4.90 Å². The van der Waals surface area contributed by atoms with Crippen molar-refractivity contribution in [2.45, 2.75) is 77.0 Å². The van der Waals surface area contributed by atoms with Crippen LogP contribution in [0.2, 0.25) is 45.3 Å². The van der Waals surface area contributed by atoms with E-state index in [1.54, 1.807) is 0 Å². The predicted octanol–water partition coefficient (Wildman–Crippen LogP) is 4.62. The number of aromatic nitrogens is 3. The van der Waals surface area contributed by atoms with Gasteiger partial charge in [-0.2, -0.15) is 0 Å². The standard InChI is InChI=1S/C23H42N4O4Si2/c1-32(2,3)12-11-28-19-31-21-13-20(17-30-23-9-7-8-10-29-23)14-26(15-21)22-16-27(25-24-22)18-33(4,5)6/h13-14,16,23H,7-12,15,17-19H2,1-6H3. The van der Waals surface area contributed by atoms with Gasteiger partial charge in [0, 0.05) is 33.7 Å². The number of rotatable bonds is 12. The monoisotopic (exact) mass is 494 g/mol. The van der Waals surface area contributed by atoms with Crippen LogP contribution in [0.3, 0.4) is 0 Å². The largest absolute Gasteiger partial charge is 0.470 e. The minimum atomic E-state index is -1.29. The van der Waals surface area contributed by atoms with E-state index in [1.807, 2.05) is 17.0 Å². The van der Waals surface area contributed by atoms with Gasteiger partial charge in [0.05, 0.1) is 27.4 Å². The molecule has 1 unspecified atom stereocenters. The van der Waals surface area contributed by atoms with E-state index in [-0.39, 0.29) is 13.1 Å². The van der Waals surface area contributed by atoms with Gasteiger partial charge in [0.1, 0.15) is 5.76 Å². The molecule has 8 nitrogen and oxygen atoms in total. The lowest BCUT2D eigenvalue weighted by molar-refractivity contribution is -0.156. The third-order valence-electron chi connectivity index (χ3n) is 5.35. The highest BCUT2D eigenvalue weighted by Crippen LogP contribution is 2.23. The SMILES string of the molecule is C[Si](C)(C)CCOCOC1=CC(COC2CCCCO2)=CN(c2cn(C[Si](C)(C)C)nn2)C1. The molecule has 33 heavy (non-hydrogen) atoms. The zero-order chi connectivity index (χ0) is 23.9. The van der Waals surface area contributed by atoms with Crippen LogP contribution in [-0.4, -0.2) is 70.6 Å². The molecule has 1 aromatic rings. The summed E-state index contributed by atoms with van der Waals surface area (Å²) in [4.78, 5) is 2.07. The molecule has 0 spiro atoms. The average Bonchev–Trinajstić information content (AvgIpc) is 3.18. The van der Waals surface area contributed by atoms with Crippen LogP contribution in [0.25, 0.3) is 0 Å². The van der Waals surface area contributed by atoms with Gasteiger partial charge in [-0.05, 0) is 37.0 Å². The van der Waals surface area contributed by atoms with Crippen molar-refractivity contribution in [3.05, 3.63) is 29.8 Å². The average molecular weight is 495 g/mol. The lowest BCUT2D eigenvalue weighted by Crippen LogP contribution is -2.29. The second-order valence-electron chi connectivity index (χ2n) is 11.4. The Labute approximate surface area is 200 Å². The zero-order valence-corrected chi connectivity index (χ0v) is 23.3. The lowest BCUT2D eigenvalue weighted by atomic mass is 10.2. The first-order chi connectivity index (χ1) is 15.6. The smallest absolute Gasteiger partial charge is 0.188 e. The number of nitrogens with zero attached hydrogens (tertiary/aromatic N) is 4. The predicted molar refractivity (Wildman–Crippen MR) is 136 cm³/mol. The Hall–Kier alpha value is -1.47. The lowest BCUT2D eigenvalue weighted by Gasteiger charge is -2.27. The summed E-state index contributed by atoms with van der Waals surface area (Å²) in [6.07, 6.45) is 10.2. The molecule has 0 saturated carbocycles. The van der Waals surface area contributed by atoms with Crippen molar-refractivity contribution in [1.29, 1.82) is 0 Å². The maximum atomic E-state index is 6.03. The highest BCUT2D eigenvalue weighted by molar-refractivity contribution is 6.76. The molecule has 0 radical (unpaired) electrons. The van der Waals surface area contributed by atoms with Gasteiger partial charge in [-0.1, -0.05) is 44.5 Å². The molecule has 2 aliphatic heterocycles. The molecule has 0 aliphatic carbocycles. The summed E-state index contributed by atoms with van der Waals surface area (Å²) >= 11 is 0. The molecule has 1 atom stereocenters. The maximum absolute atomic E-state index is 6.03. The van der Waals surface area contributed by atoms with Crippen molar-refractivity contribution in [1.82, 2.24) is 15.0 Å². The number of anilines is 1. The highest BCUT2D eigenvalue weighted by atomic mass is 28.3. The Balaban J connectivity index is 1.62. The van der Waals surface area contributed by atoms with Crippen LogP contribution >= 0.6 is 0 Å². The molecule has 3 rings (SSSR count). The molecule has 10 heteroatoms. The number of hydrogen-bond acceptors (Lipinski definition) is 7. The first-order valence-electron chi connectivity index (χ1n) is 12.1. The van der Waals surface area contributed by atoms with Crippen molar-refractivity contribution in [2.75, 3.05) is 38.1 Å². The Morgan fingerprint density at radius 3 is 2.64 bits per heavy atom. The summed E-state index contributed by atoms with van der Waals surface area (Å²) in [5.74, 6) is 1.65. The van der Waals surface area contributed by atoms with Crippen molar-refractivity contribution in [3.8, 4) is 0 Å². The van der Waals surface area contributed by atoms with E-state index < -0.39 is 16.1 Å². The van der Waals surface area contributed by atoms with E-state index in [1.165, 1.54) is 0 Å². The number of hydrogen-bond donors (Lipinski definition) is 0. The number of ether oxygens (including phenoxy) is 4. The minimum Gasteiger partial charge on any atom is -0.470 e. The molecule has 1 fully saturated rings. The quantitative estimate of drug-likeness (QED) is 0.239. The molecule has 0 bridgehead atoms.